The van der Waals surface area contributed by atoms with E-state index in [0.29, 0.717) is 34.6 Å². The van der Waals surface area contributed by atoms with Crippen LogP contribution in [0.4, 0.5) is 13.2 Å². The van der Waals surface area contributed by atoms with Crippen molar-refractivity contribution in [3.63, 3.8) is 0 Å². The second kappa shape index (κ2) is 9.80. The molecule has 6 nitrogen and oxygen atoms in total. The Bertz CT molecular complexity index is 1720. The minimum atomic E-state index is -4.64. The van der Waals surface area contributed by atoms with E-state index in [0.717, 1.165) is 43.7 Å². The van der Waals surface area contributed by atoms with Gasteiger partial charge in [-0.05, 0) is 91.8 Å². The lowest BCUT2D eigenvalue weighted by Crippen LogP contribution is -2.61. The minimum absolute atomic E-state index is 0.0614. The van der Waals surface area contributed by atoms with E-state index in [-0.39, 0.29) is 34.8 Å². The Morgan fingerprint density at radius 1 is 0.976 bits per heavy atom. The third-order valence-electron chi connectivity index (χ3n) is 9.40. The standard InChI is InChI=1S/C33H30F3N3O3/c34-33(35,36)27-11-10-26-29(40)24(18-39(30(26)37-27)25-4-2-1-3-5-25)12-19-6-8-21(9-7-19)31(41)38-28-22-13-20-14-23(28)17-32(42,15-20)16-22/h1-11,18,20,22-23,28,42H,12-17H2,(H,38,41)/t20-,22-,23+,28-,32-. The van der Waals surface area contributed by atoms with Gasteiger partial charge in [0.1, 0.15) is 11.3 Å². The summed E-state index contributed by atoms with van der Waals surface area (Å²) in [5.74, 6) is 1.04. The first-order valence-corrected chi connectivity index (χ1v) is 14.4. The Morgan fingerprint density at radius 3 is 2.31 bits per heavy atom. The van der Waals surface area contributed by atoms with E-state index < -0.39 is 17.5 Å². The Hall–Kier alpha value is -3.98. The fourth-order valence-corrected chi connectivity index (χ4v) is 7.77. The molecule has 42 heavy (non-hydrogen) atoms. The Labute approximate surface area is 240 Å². The first-order valence-electron chi connectivity index (χ1n) is 14.4. The average Bonchev–Trinajstić information content (AvgIpc) is 2.95. The Balaban J connectivity index is 1.15. The number of carbonyl (C=O) groups excluding carboxylic acids is 1. The number of carbonyl (C=O) groups is 1. The van der Waals surface area contributed by atoms with Crippen LogP contribution in [-0.2, 0) is 12.6 Å². The zero-order valence-electron chi connectivity index (χ0n) is 22.8. The highest BCUT2D eigenvalue weighted by molar-refractivity contribution is 5.94. The molecule has 2 aromatic carbocycles. The van der Waals surface area contributed by atoms with Gasteiger partial charge in [-0.3, -0.25) is 9.59 Å². The molecule has 5 atom stereocenters. The Kier molecular flexibility index (Phi) is 6.27. The van der Waals surface area contributed by atoms with Gasteiger partial charge in [0.05, 0.1) is 11.0 Å². The number of aromatic nitrogens is 2. The van der Waals surface area contributed by atoms with Gasteiger partial charge >= 0.3 is 6.18 Å². The van der Waals surface area contributed by atoms with Crippen LogP contribution in [0, 0.1) is 17.8 Å². The van der Waals surface area contributed by atoms with Gasteiger partial charge in [-0.25, -0.2) is 4.98 Å². The van der Waals surface area contributed by atoms with E-state index in [1.165, 1.54) is 10.6 Å². The van der Waals surface area contributed by atoms with Crippen LogP contribution in [0.15, 0.2) is 77.7 Å². The van der Waals surface area contributed by atoms with E-state index in [9.17, 15) is 27.9 Å². The average molecular weight is 574 g/mol. The predicted octanol–water partition coefficient (Wildman–Crippen LogP) is 5.66. The molecule has 4 bridgehead atoms. The van der Waals surface area contributed by atoms with Gasteiger partial charge in [0, 0.05) is 35.5 Å². The van der Waals surface area contributed by atoms with Gasteiger partial charge in [0.2, 0.25) is 0 Å². The van der Waals surface area contributed by atoms with Crippen LogP contribution in [0.1, 0.15) is 59.3 Å². The Morgan fingerprint density at radius 2 is 1.67 bits per heavy atom. The van der Waals surface area contributed by atoms with Crippen molar-refractivity contribution in [1.82, 2.24) is 14.9 Å². The number of para-hydroxylation sites is 1. The van der Waals surface area contributed by atoms with Gasteiger partial charge in [-0.2, -0.15) is 13.2 Å². The highest BCUT2D eigenvalue weighted by atomic mass is 19.4. The van der Waals surface area contributed by atoms with Crippen molar-refractivity contribution in [3.8, 4) is 5.69 Å². The van der Waals surface area contributed by atoms with Crippen molar-refractivity contribution in [2.24, 2.45) is 17.8 Å². The molecule has 9 heteroatoms. The fraction of sp³-hybridized carbons (Fsp3) is 0.364. The molecular weight excluding hydrogens is 543 g/mol. The summed E-state index contributed by atoms with van der Waals surface area (Å²) in [6, 6.07) is 18.0. The van der Waals surface area contributed by atoms with Crippen molar-refractivity contribution < 1.29 is 23.1 Å². The topological polar surface area (TPSA) is 84.2 Å². The summed E-state index contributed by atoms with van der Waals surface area (Å²) in [7, 11) is 0. The number of fused-ring (bicyclic) bond motifs is 1. The van der Waals surface area contributed by atoms with Gasteiger partial charge < -0.3 is 15.0 Å². The second-order valence-corrected chi connectivity index (χ2v) is 12.3. The lowest BCUT2D eigenvalue weighted by atomic mass is 9.52. The molecule has 4 aromatic rings. The zero-order chi connectivity index (χ0) is 29.2. The number of rotatable bonds is 5. The molecule has 216 valence electrons. The molecule has 4 fully saturated rings. The summed E-state index contributed by atoms with van der Waals surface area (Å²) in [4.78, 5) is 30.4. The number of aliphatic hydroxyl groups is 1. The minimum Gasteiger partial charge on any atom is -0.390 e. The molecule has 2 heterocycles. The smallest absolute Gasteiger partial charge is 0.390 e. The summed E-state index contributed by atoms with van der Waals surface area (Å²) >= 11 is 0. The maximum atomic E-state index is 13.4. The molecule has 0 saturated heterocycles. The molecule has 1 amide bonds. The molecule has 4 aliphatic rings. The number of pyridine rings is 2. The molecule has 4 aliphatic carbocycles. The largest absolute Gasteiger partial charge is 0.433 e. The molecular formula is C33H30F3N3O3. The quantitative estimate of drug-likeness (QED) is 0.323. The molecule has 2 aromatic heterocycles. The molecule has 0 unspecified atom stereocenters. The van der Waals surface area contributed by atoms with Crippen LogP contribution in [0.2, 0.25) is 0 Å². The first kappa shape index (κ1) is 26.9. The van der Waals surface area contributed by atoms with Crippen molar-refractivity contribution in [2.75, 3.05) is 0 Å². The van der Waals surface area contributed by atoms with E-state index >= 15 is 0 Å². The summed E-state index contributed by atoms with van der Waals surface area (Å²) < 4.78 is 41.8. The number of benzene rings is 2. The van der Waals surface area contributed by atoms with Crippen molar-refractivity contribution in [3.05, 3.63) is 106 Å². The zero-order valence-corrected chi connectivity index (χ0v) is 22.8. The molecule has 0 spiro atoms. The summed E-state index contributed by atoms with van der Waals surface area (Å²) in [6.07, 6.45) is 1.65. The highest BCUT2D eigenvalue weighted by Gasteiger charge is 2.55. The van der Waals surface area contributed by atoms with Crippen molar-refractivity contribution >= 4 is 16.9 Å². The molecule has 8 rings (SSSR count). The number of nitrogens with zero attached hydrogens (tertiary/aromatic N) is 2. The highest BCUT2D eigenvalue weighted by Crippen LogP contribution is 2.55. The fourth-order valence-electron chi connectivity index (χ4n) is 7.77. The molecule has 0 aliphatic heterocycles. The normalized spacial score (nSPS) is 26.5. The summed E-state index contributed by atoms with van der Waals surface area (Å²) in [5.41, 5.74) is 0.228. The van der Waals surface area contributed by atoms with E-state index in [4.69, 9.17) is 0 Å². The maximum Gasteiger partial charge on any atom is 0.433 e. The van der Waals surface area contributed by atoms with Gasteiger partial charge in [-0.15, -0.1) is 0 Å². The predicted molar refractivity (Wildman–Crippen MR) is 151 cm³/mol. The van der Waals surface area contributed by atoms with Crippen molar-refractivity contribution in [2.45, 2.75) is 56.3 Å². The SMILES string of the molecule is O=C(N[C@@H]1[C@@H]2C[C@@H]3C[C@H]1C[C@@](O)(C3)C2)c1ccc(Cc2cn(-c3ccccc3)c3nc(C(F)(F)F)ccc3c2=O)cc1. The summed E-state index contributed by atoms with van der Waals surface area (Å²) in [6.45, 7) is 0. The van der Waals surface area contributed by atoms with Crippen LogP contribution in [0.5, 0.6) is 0 Å². The number of alkyl halides is 3. The third-order valence-corrected chi connectivity index (χ3v) is 9.40. The van der Waals surface area contributed by atoms with Crippen LogP contribution < -0.4 is 10.7 Å². The van der Waals surface area contributed by atoms with Crippen LogP contribution in [-0.4, -0.2) is 32.2 Å². The van der Waals surface area contributed by atoms with Crippen LogP contribution in [0.3, 0.4) is 0 Å². The van der Waals surface area contributed by atoms with Gasteiger partial charge in [-0.1, -0.05) is 30.3 Å². The molecule has 2 N–H and O–H groups in total. The van der Waals surface area contributed by atoms with Crippen LogP contribution >= 0.6 is 0 Å². The van der Waals surface area contributed by atoms with E-state index in [1.54, 1.807) is 60.8 Å². The van der Waals surface area contributed by atoms with Crippen LogP contribution in [0.25, 0.3) is 16.7 Å². The maximum absolute atomic E-state index is 13.4. The number of hydrogen-bond acceptors (Lipinski definition) is 4. The second-order valence-electron chi connectivity index (χ2n) is 12.3. The lowest BCUT2D eigenvalue weighted by Gasteiger charge is -2.58. The number of halogens is 3. The van der Waals surface area contributed by atoms with Gasteiger partial charge in [0.15, 0.2) is 5.43 Å². The third kappa shape index (κ3) is 4.79. The summed E-state index contributed by atoms with van der Waals surface area (Å²) in [5, 5.41) is 14.2. The van der Waals surface area contributed by atoms with Crippen molar-refractivity contribution in [1.29, 1.82) is 0 Å². The number of hydrogen-bond donors (Lipinski definition) is 2. The van der Waals surface area contributed by atoms with Gasteiger partial charge in [0.25, 0.3) is 5.91 Å². The molecule has 0 radical (unpaired) electrons. The number of nitrogens with one attached hydrogen (secondary N) is 1. The lowest BCUT2D eigenvalue weighted by molar-refractivity contribution is -0.141. The first-order chi connectivity index (χ1) is 20.1. The monoisotopic (exact) mass is 573 g/mol. The number of amides is 1. The van der Waals surface area contributed by atoms with E-state index in [2.05, 4.69) is 10.3 Å². The molecule has 4 saturated carbocycles. The van der Waals surface area contributed by atoms with E-state index in [1.807, 2.05) is 0 Å².